The van der Waals surface area contributed by atoms with Crippen molar-refractivity contribution in [1.82, 2.24) is 0 Å². The molecule has 2 N–H and O–H groups in total. The van der Waals surface area contributed by atoms with E-state index in [0.717, 1.165) is 11.1 Å². The van der Waals surface area contributed by atoms with Crippen molar-refractivity contribution >= 4 is 11.6 Å². The van der Waals surface area contributed by atoms with Crippen LogP contribution in [-0.4, -0.2) is 0 Å². The molecule has 0 aliphatic heterocycles. The average Bonchev–Trinajstić information content (AvgIpc) is 2.34. The molecule has 0 aliphatic rings. The van der Waals surface area contributed by atoms with Gasteiger partial charge in [-0.25, -0.2) is 4.39 Å². The predicted octanol–water partition coefficient (Wildman–Crippen LogP) is 4.60. The summed E-state index contributed by atoms with van der Waals surface area (Å²) in [5.74, 6) is 0.329. The molecule has 19 heavy (non-hydrogen) atoms. The minimum absolute atomic E-state index is 0.176. The van der Waals surface area contributed by atoms with Crippen LogP contribution < -0.4 is 10.5 Å². The quantitative estimate of drug-likeness (QED) is 0.891. The number of halogens is 2. The summed E-state index contributed by atoms with van der Waals surface area (Å²) in [5.41, 5.74) is 7.29. The minimum Gasteiger partial charge on any atom is -0.454 e. The monoisotopic (exact) mass is 279 g/mol. The van der Waals surface area contributed by atoms with Gasteiger partial charge in [-0.2, -0.15) is 0 Å². The molecule has 0 spiro atoms. The summed E-state index contributed by atoms with van der Waals surface area (Å²) in [6.07, 6.45) is 0. The van der Waals surface area contributed by atoms with Gasteiger partial charge >= 0.3 is 0 Å². The minimum atomic E-state index is -0.427. The van der Waals surface area contributed by atoms with Gasteiger partial charge in [-0.1, -0.05) is 17.7 Å². The van der Waals surface area contributed by atoms with Crippen molar-refractivity contribution in [1.29, 1.82) is 0 Å². The maximum Gasteiger partial charge on any atom is 0.166 e. The van der Waals surface area contributed by atoms with Gasteiger partial charge in [0.15, 0.2) is 11.6 Å². The van der Waals surface area contributed by atoms with Crippen LogP contribution in [0.2, 0.25) is 5.02 Å². The molecule has 1 atom stereocenters. The van der Waals surface area contributed by atoms with Crippen molar-refractivity contribution in [2.75, 3.05) is 0 Å². The number of benzene rings is 2. The number of ether oxygens (including phenoxy) is 1. The molecule has 0 aliphatic carbocycles. The third kappa shape index (κ3) is 3.25. The second-order valence-corrected chi connectivity index (χ2v) is 4.93. The van der Waals surface area contributed by atoms with Gasteiger partial charge in [0.05, 0.1) is 0 Å². The molecule has 0 bridgehead atoms. The van der Waals surface area contributed by atoms with Crippen LogP contribution in [0.4, 0.5) is 4.39 Å². The highest BCUT2D eigenvalue weighted by Crippen LogP contribution is 2.30. The number of aryl methyl sites for hydroxylation is 1. The molecule has 4 heteroatoms. The lowest BCUT2D eigenvalue weighted by atomic mass is 10.1. The first-order chi connectivity index (χ1) is 8.97. The second-order valence-electron chi connectivity index (χ2n) is 4.49. The number of hydrogen-bond donors (Lipinski definition) is 1. The standard InChI is InChI=1S/C15H15ClFNO/c1-9-7-12(16)4-6-14(9)19-15-5-3-11(10(2)18)8-13(15)17/h3-8,10H,18H2,1-2H3/t10-/m0/s1. The van der Waals surface area contributed by atoms with E-state index < -0.39 is 5.82 Å². The Morgan fingerprint density at radius 2 is 1.84 bits per heavy atom. The Balaban J connectivity index is 2.28. The summed E-state index contributed by atoms with van der Waals surface area (Å²) < 4.78 is 19.5. The summed E-state index contributed by atoms with van der Waals surface area (Å²) in [5, 5.41) is 0.623. The first kappa shape index (κ1) is 13.8. The third-order valence-corrected chi connectivity index (χ3v) is 3.07. The summed E-state index contributed by atoms with van der Waals surface area (Å²) in [7, 11) is 0. The lowest BCUT2D eigenvalue weighted by Crippen LogP contribution is -2.05. The zero-order chi connectivity index (χ0) is 14.0. The molecule has 0 saturated carbocycles. The average molecular weight is 280 g/mol. The van der Waals surface area contributed by atoms with Crippen LogP contribution in [0, 0.1) is 12.7 Å². The summed E-state index contributed by atoms with van der Waals surface area (Å²) in [6.45, 7) is 3.66. The van der Waals surface area contributed by atoms with E-state index in [1.54, 1.807) is 37.3 Å². The first-order valence-electron chi connectivity index (χ1n) is 5.96. The fraction of sp³-hybridized carbons (Fsp3) is 0.200. The summed E-state index contributed by atoms with van der Waals surface area (Å²) in [6, 6.07) is 9.72. The highest BCUT2D eigenvalue weighted by molar-refractivity contribution is 6.30. The number of rotatable bonds is 3. The molecule has 0 fully saturated rings. The van der Waals surface area contributed by atoms with Crippen LogP contribution in [-0.2, 0) is 0 Å². The smallest absolute Gasteiger partial charge is 0.166 e. The highest BCUT2D eigenvalue weighted by Gasteiger charge is 2.09. The van der Waals surface area contributed by atoms with Gasteiger partial charge in [0.2, 0.25) is 0 Å². The van der Waals surface area contributed by atoms with Gasteiger partial charge in [0.25, 0.3) is 0 Å². The summed E-state index contributed by atoms with van der Waals surface area (Å²) >= 11 is 5.86. The Morgan fingerprint density at radius 3 is 2.42 bits per heavy atom. The van der Waals surface area contributed by atoms with Gasteiger partial charge in [-0.05, 0) is 55.3 Å². The van der Waals surface area contributed by atoms with Crippen LogP contribution in [0.5, 0.6) is 11.5 Å². The van der Waals surface area contributed by atoms with Crippen LogP contribution >= 0.6 is 11.6 Å². The van der Waals surface area contributed by atoms with Crippen molar-refractivity contribution in [2.45, 2.75) is 19.9 Å². The maximum absolute atomic E-state index is 13.9. The van der Waals surface area contributed by atoms with Gasteiger partial charge in [-0.3, -0.25) is 0 Å². The predicted molar refractivity (Wildman–Crippen MR) is 75.3 cm³/mol. The Labute approximate surface area is 117 Å². The Hall–Kier alpha value is -1.58. The van der Waals surface area contributed by atoms with Crippen molar-refractivity contribution < 1.29 is 9.13 Å². The molecule has 0 heterocycles. The maximum atomic E-state index is 13.9. The Morgan fingerprint density at radius 1 is 1.16 bits per heavy atom. The van der Waals surface area contributed by atoms with Crippen LogP contribution in [0.1, 0.15) is 24.1 Å². The normalized spacial score (nSPS) is 12.3. The molecule has 2 nitrogen and oxygen atoms in total. The zero-order valence-corrected chi connectivity index (χ0v) is 11.5. The summed E-state index contributed by atoms with van der Waals surface area (Å²) in [4.78, 5) is 0. The lowest BCUT2D eigenvalue weighted by Gasteiger charge is -2.12. The molecule has 0 unspecified atom stereocenters. The molecule has 0 aromatic heterocycles. The molecule has 2 rings (SSSR count). The van der Waals surface area contributed by atoms with E-state index in [1.807, 2.05) is 6.92 Å². The fourth-order valence-electron chi connectivity index (χ4n) is 1.73. The van der Waals surface area contributed by atoms with Gasteiger partial charge in [0.1, 0.15) is 5.75 Å². The van der Waals surface area contributed by atoms with Gasteiger partial charge < -0.3 is 10.5 Å². The van der Waals surface area contributed by atoms with Crippen LogP contribution in [0.15, 0.2) is 36.4 Å². The fourth-order valence-corrected chi connectivity index (χ4v) is 1.96. The van der Waals surface area contributed by atoms with Crippen LogP contribution in [0.25, 0.3) is 0 Å². The molecule has 100 valence electrons. The highest BCUT2D eigenvalue weighted by atomic mass is 35.5. The Bertz CT molecular complexity index is 599. The van der Waals surface area contributed by atoms with E-state index in [4.69, 9.17) is 22.1 Å². The molecule has 0 amide bonds. The number of hydrogen-bond acceptors (Lipinski definition) is 2. The first-order valence-corrected chi connectivity index (χ1v) is 6.34. The lowest BCUT2D eigenvalue weighted by molar-refractivity contribution is 0.438. The van der Waals surface area contributed by atoms with Crippen molar-refractivity contribution in [3.63, 3.8) is 0 Å². The van der Waals surface area contributed by atoms with Crippen molar-refractivity contribution in [3.05, 3.63) is 58.4 Å². The van der Waals surface area contributed by atoms with E-state index in [0.29, 0.717) is 10.8 Å². The molecule has 0 saturated heterocycles. The topological polar surface area (TPSA) is 35.2 Å². The van der Waals surface area contributed by atoms with Gasteiger partial charge in [0, 0.05) is 11.1 Å². The Kier molecular flexibility index (Phi) is 4.08. The largest absolute Gasteiger partial charge is 0.454 e. The molecular formula is C15H15ClFNO. The molecule has 2 aromatic carbocycles. The molecule has 0 radical (unpaired) electrons. The van der Waals surface area contributed by atoms with E-state index in [9.17, 15) is 4.39 Å². The third-order valence-electron chi connectivity index (χ3n) is 2.84. The van der Waals surface area contributed by atoms with E-state index in [-0.39, 0.29) is 11.8 Å². The zero-order valence-electron chi connectivity index (χ0n) is 10.8. The van der Waals surface area contributed by atoms with Gasteiger partial charge in [-0.15, -0.1) is 0 Å². The molecular weight excluding hydrogens is 265 g/mol. The van der Waals surface area contributed by atoms with E-state index in [1.165, 1.54) is 6.07 Å². The second kappa shape index (κ2) is 5.59. The number of nitrogens with two attached hydrogens (primary N) is 1. The SMILES string of the molecule is Cc1cc(Cl)ccc1Oc1ccc([C@H](C)N)cc1F. The van der Waals surface area contributed by atoms with Crippen molar-refractivity contribution in [2.24, 2.45) is 5.73 Å². The van der Waals surface area contributed by atoms with Crippen LogP contribution in [0.3, 0.4) is 0 Å². The van der Waals surface area contributed by atoms with Crippen molar-refractivity contribution in [3.8, 4) is 11.5 Å². The molecule has 2 aromatic rings. The van der Waals surface area contributed by atoms with E-state index >= 15 is 0 Å². The van der Waals surface area contributed by atoms with E-state index in [2.05, 4.69) is 0 Å².